The fourth-order valence-electron chi connectivity index (χ4n) is 3.99. The third-order valence-corrected chi connectivity index (χ3v) is 6.22. The van der Waals surface area contributed by atoms with E-state index in [2.05, 4.69) is 20.8 Å². The predicted octanol–water partition coefficient (Wildman–Crippen LogP) is 6.61. The third-order valence-electron chi connectivity index (χ3n) is 5.89. The number of rotatable bonds is 4. The summed E-state index contributed by atoms with van der Waals surface area (Å²) in [7, 11) is 0. The van der Waals surface area contributed by atoms with Crippen LogP contribution in [0.15, 0.2) is 78.2 Å². The molecule has 1 aliphatic rings. The highest BCUT2D eigenvalue weighted by Gasteiger charge is 2.34. The molecule has 3 aromatic carbocycles. The number of allylic oxidation sites excluding steroid dienone is 1. The van der Waals surface area contributed by atoms with Crippen LogP contribution in [0.3, 0.4) is 0 Å². The summed E-state index contributed by atoms with van der Waals surface area (Å²) in [6, 6.07) is 18.8. The van der Waals surface area contributed by atoms with Gasteiger partial charge in [0, 0.05) is 28.3 Å². The summed E-state index contributed by atoms with van der Waals surface area (Å²) in [5.74, 6) is -1.75. The van der Waals surface area contributed by atoms with Crippen molar-refractivity contribution in [3.8, 4) is 17.6 Å². The molecule has 0 aliphatic carbocycles. The molecule has 1 unspecified atom stereocenters. The van der Waals surface area contributed by atoms with E-state index in [1.54, 1.807) is 24.3 Å². The number of hydrogen-bond acceptors (Lipinski definition) is 5. The van der Waals surface area contributed by atoms with Gasteiger partial charge in [-0.3, -0.25) is 0 Å². The number of hydrogen-bond donors (Lipinski definition) is 1. The van der Waals surface area contributed by atoms with Crippen LogP contribution in [0.25, 0.3) is 6.08 Å². The first-order valence-electron chi connectivity index (χ1n) is 11.2. The van der Waals surface area contributed by atoms with Gasteiger partial charge in [-0.2, -0.15) is 5.26 Å². The molecule has 0 amide bonds. The van der Waals surface area contributed by atoms with Gasteiger partial charge in [-0.25, -0.2) is 9.18 Å². The zero-order valence-corrected chi connectivity index (χ0v) is 20.8. The van der Waals surface area contributed by atoms with Crippen LogP contribution in [0.4, 0.5) is 4.39 Å². The molecule has 5 nitrogen and oxygen atoms in total. The number of fused-ring (bicyclic) bond motifs is 1. The summed E-state index contributed by atoms with van der Waals surface area (Å²) in [5.41, 5.74) is 8.71. The number of carbonyl (C=O) groups excluding carboxylic acids is 1. The summed E-state index contributed by atoms with van der Waals surface area (Å²) >= 11 is 6.28. The quantitative estimate of drug-likeness (QED) is 0.246. The molecule has 182 valence electrons. The van der Waals surface area contributed by atoms with Gasteiger partial charge in [0.2, 0.25) is 5.88 Å². The summed E-state index contributed by atoms with van der Waals surface area (Å²) in [6.45, 7) is 6.40. The Balaban J connectivity index is 1.57. The predicted molar refractivity (Wildman–Crippen MR) is 137 cm³/mol. The first kappa shape index (κ1) is 25.0. The van der Waals surface area contributed by atoms with Crippen LogP contribution in [0.5, 0.6) is 11.5 Å². The average Bonchev–Trinajstić information content (AvgIpc) is 2.82. The van der Waals surface area contributed by atoms with Crippen molar-refractivity contribution in [3.05, 3.63) is 111 Å². The lowest BCUT2D eigenvalue weighted by molar-refractivity contribution is -0.128. The van der Waals surface area contributed by atoms with Crippen LogP contribution in [0, 0.1) is 17.1 Å². The van der Waals surface area contributed by atoms with E-state index in [0.29, 0.717) is 5.56 Å². The summed E-state index contributed by atoms with van der Waals surface area (Å²) in [4.78, 5) is 12.4. The number of nitrogens with zero attached hydrogens (tertiary/aromatic N) is 1. The first-order valence-corrected chi connectivity index (χ1v) is 11.6. The topological polar surface area (TPSA) is 85.3 Å². The first-order chi connectivity index (χ1) is 17.1. The van der Waals surface area contributed by atoms with Crippen molar-refractivity contribution in [2.75, 3.05) is 0 Å². The minimum Gasteiger partial charge on any atom is -0.440 e. The molecule has 0 radical (unpaired) electrons. The van der Waals surface area contributed by atoms with Gasteiger partial charge < -0.3 is 15.2 Å². The molecule has 3 aromatic rings. The van der Waals surface area contributed by atoms with E-state index in [-0.39, 0.29) is 39.0 Å². The standard InChI is InChI=1S/C29H24ClFN2O3/c1-29(2,3)18-10-7-17(8-11-18)9-14-25(34)35-19-12-13-20-24(15-19)36-28(33)21(16-32)26(20)27-22(30)5-4-6-23(27)31/h4-15,26H,33H2,1-3H3/b14-9+. The Morgan fingerprint density at radius 1 is 1.17 bits per heavy atom. The maximum Gasteiger partial charge on any atom is 0.336 e. The summed E-state index contributed by atoms with van der Waals surface area (Å²) in [6.07, 6.45) is 3.00. The van der Waals surface area contributed by atoms with Gasteiger partial charge in [0.15, 0.2) is 0 Å². The van der Waals surface area contributed by atoms with E-state index in [0.717, 1.165) is 5.56 Å². The number of carbonyl (C=O) groups is 1. The SMILES string of the molecule is CC(C)(C)c1ccc(/C=C/C(=O)Oc2ccc3c(c2)OC(N)=C(C#N)C3c2c(F)cccc2Cl)cc1. The van der Waals surface area contributed by atoms with Crippen LogP contribution < -0.4 is 15.2 Å². The molecular weight excluding hydrogens is 479 g/mol. The molecule has 0 bridgehead atoms. The maximum atomic E-state index is 14.7. The largest absolute Gasteiger partial charge is 0.440 e. The smallest absolute Gasteiger partial charge is 0.336 e. The zero-order chi connectivity index (χ0) is 26.0. The number of benzene rings is 3. The van der Waals surface area contributed by atoms with Crippen LogP contribution in [0.1, 0.15) is 48.9 Å². The van der Waals surface area contributed by atoms with Crippen LogP contribution in [-0.2, 0) is 10.2 Å². The number of esters is 1. The highest BCUT2D eigenvalue weighted by Crippen LogP contribution is 2.46. The zero-order valence-electron chi connectivity index (χ0n) is 20.0. The Morgan fingerprint density at radius 2 is 1.89 bits per heavy atom. The number of nitrogens with two attached hydrogens (primary N) is 1. The minimum absolute atomic E-state index is 0.0406. The summed E-state index contributed by atoms with van der Waals surface area (Å²) < 4.78 is 25.8. The van der Waals surface area contributed by atoms with E-state index < -0.39 is 17.7 Å². The Labute approximate surface area is 214 Å². The van der Waals surface area contributed by atoms with Crippen molar-refractivity contribution in [1.82, 2.24) is 0 Å². The second-order valence-corrected chi connectivity index (χ2v) is 9.79. The molecule has 1 aliphatic heterocycles. The van der Waals surface area contributed by atoms with E-state index in [4.69, 9.17) is 26.8 Å². The third kappa shape index (κ3) is 5.12. The second kappa shape index (κ2) is 9.88. The van der Waals surface area contributed by atoms with Crippen LogP contribution in [0.2, 0.25) is 5.02 Å². The molecule has 0 saturated heterocycles. The molecule has 36 heavy (non-hydrogen) atoms. The lowest BCUT2D eigenvalue weighted by Gasteiger charge is -2.27. The number of nitriles is 1. The van der Waals surface area contributed by atoms with Gasteiger partial charge >= 0.3 is 5.97 Å². The Bertz CT molecular complexity index is 1410. The Kier molecular flexibility index (Phi) is 6.87. The van der Waals surface area contributed by atoms with E-state index in [1.165, 1.54) is 29.8 Å². The lowest BCUT2D eigenvalue weighted by Crippen LogP contribution is -2.22. The van der Waals surface area contributed by atoms with Crippen molar-refractivity contribution in [1.29, 1.82) is 5.26 Å². The molecule has 4 rings (SSSR count). The highest BCUT2D eigenvalue weighted by atomic mass is 35.5. The van der Waals surface area contributed by atoms with Gasteiger partial charge in [-0.1, -0.05) is 68.8 Å². The van der Waals surface area contributed by atoms with Crippen molar-refractivity contribution < 1.29 is 18.7 Å². The minimum atomic E-state index is -0.867. The Hall–Kier alpha value is -4.08. The van der Waals surface area contributed by atoms with E-state index in [1.807, 2.05) is 30.3 Å². The summed E-state index contributed by atoms with van der Waals surface area (Å²) in [5, 5.41) is 9.83. The molecule has 1 heterocycles. The fraction of sp³-hybridized carbons (Fsp3) is 0.172. The van der Waals surface area contributed by atoms with E-state index in [9.17, 15) is 14.4 Å². The highest BCUT2D eigenvalue weighted by molar-refractivity contribution is 6.31. The average molecular weight is 503 g/mol. The lowest BCUT2D eigenvalue weighted by atomic mass is 9.83. The monoisotopic (exact) mass is 502 g/mol. The van der Waals surface area contributed by atoms with Gasteiger partial charge in [0.05, 0.1) is 5.92 Å². The normalized spacial score (nSPS) is 15.3. The number of halogens is 2. The molecule has 0 fully saturated rings. The van der Waals surface area contributed by atoms with Gasteiger partial charge in [-0.05, 0) is 40.8 Å². The van der Waals surface area contributed by atoms with Crippen molar-refractivity contribution in [2.45, 2.75) is 32.1 Å². The molecule has 0 spiro atoms. The molecule has 1 atom stereocenters. The maximum absolute atomic E-state index is 14.7. The van der Waals surface area contributed by atoms with Gasteiger partial charge in [0.25, 0.3) is 0 Å². The number of ether oxygens (including phenoxy) is 2. The van der Waals surface area contributed by atoms with Crippen molar-refractivity contribution in [2.24, 2.45) is 5.73 Å². The van der Waals surface area contributed by atoms with Crippen LogP contribution in [-0.4, -0.2) is 5.97 Å². The molecular formula is C29H24ClFN2O3. The van der Waals surface area contributed by atoms with E-state index >= 15 is 0 Å². The fourth-order valence-corrected chi connectivity index (χ4v) is 4.26. The van der Waals surface area contributed by atoms with Crippen molar-refractivity contribution >= 4 is 23.6 Å². The van der Waals surface area contributed by atoms with Gasteiger partial charge in [0.1, 0.15) is 29.0 Å². The molecule has 0 aromatic heterocycles. The van der Waals surface area contributed by atoms with Crippen molar-refractivity contribution in [3.63, 3.8) is 0 Å². The molecule has 0 saturated carbocycles. The molecule has 7 heteroatoms. The second-order valence-electron chi connectivity index (χ2n) is 9.39. The van der Waals surface area contributed by atoms with Crippen LogP contribution >= 0.6 is 11.6 Å². The molecule has 2 N–H and O–H groups in total. The Morgan fingerprint density at radius 3 is 2.53 bits per heavy atom. The van der Waals surface area contributed by atoms with Gasteiger partial charge in [-0.15, -0.1) is 0 Å².